The Morgan fingerprint density at radius 1 is 1.31 bits per heavy atom. The molecule has 0 saturated heterocycles. The van der Waals surface area contributed by atoms with Gasteiger partial charge in [0, 0.05) is 10.6 Å². The van der Waals surface area contributed by atoms with Crippen LogP contribution in [0.4, 0.5) is 14.5 Å². The van der Waals surface area contributed by atoms with Gasteiger partial charge in [-0.1, -0.05) is 5.11 Å². The van der Waals surface area contributed by atoms with E-state index in [2.05, 4.69) is 14.8 Å². The highest BCUT2D eigenvalue weighted by atomic mass is 19.3. The second-order valence-electron chi connectivity index (χ2n) is 2.06. The van der Waals surface area contributed by atoms with Crippen molar-refractivity contribution in [3.05, 3.63) is 34.7 Å². The number of benzene rings is 1. The summed E-state index contributed by atoms with van der Waals surface area (Å²) in [6, 6.07) is 5.38. The molecule has 1 aromatic rings. The highest BCUT2D eigenvalue weighted by molar-refractivity contribution is 5.40. The molecule has 0 spiro atoms. The van der Waals surface area contributed by atoms with Gasteiger partial charge in [0.1, 0.15) is 5.75 Å². The van der Waals surface area contributed by atoms with Gasteiger partial charge in [-0.3, -0.25) is 0 Å². The van der Waals surface area contributed by atoms with Crippen LogP contribution in [-0.4, -0.2) is 6.61 Å². The van der Waals surface area contributed by atoms with E-state index in [1.807, 2.05) is 0 Å². The van der Waals surface area contributed by atoms with E-state index in [9.17, 15) is 8.78 Å². The molecule has 0 aromatic heterocycles. The van der Waals surface area contributed by atoms with Gasteiger partial charge < -0.3 is 4.74 Å². The summed E-state index contributed by atoms with van der Waals surface area (Å²) in [6.07, 6.45) is 0. The summed E-state index contributed by atoms with van der Waals surface area (Å²) < 4.78 is 27.4. The quantitative estimate of drug-likeness (QED) is 0.405. The predicted octanol–water partition coefficient (Wildman–Crippen LogP) is 3.23. The molecule has 0 unspecified atom stereocenters. The van der Waals surface area contributed by atoms with Crippen molar-refractivity contribution in [3.63, 3.8) is 0 Å². The first-order valence-electron chi connectivity index (χ1n) is 3.32. The molecule has 0 saturated carbocycles. The number of halogens is 2. The molecule has 0 radical (unpaired) electrons. The molecule has 13 heavy (non-hydrogen) atoms. The summed E-state index contributed by atoms with van der Waals surface area (Å²) in [6.45, 7) is -2.84. The van der Waals surface area contributed by atoms with Crippen LogP contribution < -0.4 is 4.74 Å². The number of ether oxygens (including phenoxy) is 1. The lowest BCUT2D eigenvalue weighted by Gasteiger charge is -2.02. The van der Waals surface area contributed by atoms with Crippen molar-refractivity contribution in [3.8, 4) is 5.75 Å². The molecule has 0 aliphatic carbocycles. The first-order valence-corrected chi connectivity index (χ1v) is 3.32. The van der Waals surface area contributed by atoms with Crippen LogP contribution in [0.3, 0.4) is 0 Å². The van der Waals surface area contributed by atoms with Crippen LogP contribution in [0.15, 0.2) is 29.4 Å². The summed E-state index contributed by atoms with van der Waals surface area (Å²) in [5.74, 6) is 0.0342. The molecular formula is C7H5F2N3O. The third-order valence-electron chi connectivity index (χ3n) is 1.22. The number of hydrogen-bond acceptors (Lipinski definition) is 2. The van der Waals surface area contributed by atoms with Gasteiger partial charge in [0.2, 0.25) is 0 Å². The molecule has 0 aliphatic heterocycles. The van der Waals surface area contributed by atoms with Crippen LogP contribution in [0.1, 0.15) is 0 Å². The fraction of sp³-hybridized carbons (Fsp3) is 0.143. The number of rotatable bonds is 3. The summed E-state index contributed by atoms with van der Waals surface area (Å²) >= 11 is 0. The number of hydrogen-bond donors (Lipinski definition) is 0. The molecule has 0 amide bonds. The summed E-state index contributed by atoms with van der Waals surface area (Å²) in [4.78, 5) is 2.53. The predicted molar refractivity (Wildman–Crippen MR) is 41.9 cm³/mol. The van der Waals surface area contributed by atoms with Crippen molar-refractivity contribution in [2.45, 2.75) is 6.61 Å². The van der Waals surface area contributed by atoms with E-state index in [4.69, 9.17) is 5.53 Å². The van der Waals surface area contributed by atoms with Crippen LogP contribution in [-0.2, 0) is 0 Å². The third-order valence-corrected chi connectivity index (χ3v) is 1.22. The molecule has 1 aromatic carbocycles. The maximum Gasteiger partial charge on any atom is 0.387 e. The van der Waals surface area contributed by atoms with Crippen LogP contribution in [0, 0.1) is 0 Å². The maximum absolute atomic E-state index is 11.7. The first kappa shape index (κ1) is 9.28. The molecule has 0 heterocycles. The van der Waals surface area contributed by atoms with E-state index in [1.54, 1.807) is 0 Å². The molecule has 0 N–H and O–H groups in total. The van der Waals surface area contributed by atoms with E-state index < -0.39 is 6.61 Å². The van der Waals surface area contributed by atoms with E-state index >= 15 is 0 Å². The van der Waals surface area contributed by atoms with Crippen molar-refractivity contribution in [1.82, 2.24) is 0 Å². The van der Waals surface area contributed by atoms with Crippen LogP contribution in [0.2, 0.25) is 0 Å². The number of azide groups is 1. The largest absolute Gasteiger partial charge is 0.435 e. The molecule has 1 rings (SSSR count). The lowest BCUT2D eigenvalue weighted by atomic mass is 10.3. The Bertz CT molecular complexity index is 319. The Morgan fingerprint density at radius 3 is 2.38 bits per heavy atom. The minimum atomic E-state index is -2.84. The van der Waals surface area contributed by atoms with Crippen LogP contribution in [0.25, 0.3) is 10.4 Å². The Morgan fingerprint density at radius 2 is 1.92 bits per heavy atom. The normalized spacial score (nSPS) is 9.46. The van der Waals surface area contributed by atoms with Crippen molar-refractivity contribution in [2.75, 3.05) is 0 Å². The molecular weight excluding hydrogens is 180 g/mol. The first-order chi connectivity index (χ1) is 6.22. The van der Waals surface area contributed by atoms with E-state index in [1.165, 1.54) is 24.3 Å². The molecule has 0 aliphatic rings. The summed E-state index contributed by atoms with van der Waals surface area (Å²) in [7, 11) is 0. The zero-order chi connectivity index (χ0) is 9.68. The van der Waals surface area contributed by atoms with Gasteiger partial charge in [0.05, 0.1) is 0 Å². The average molecular weight is 185 g/mol. The van der Waals surface area contributed by atoms with Gasteiger partial charge in [-0.15, -0.1) is 0 Å². The minimum absolute atomic E-state index is 0.0342. The van der Waals surface area contributed by atoms with Gasteiger partial charge in [-0.05, 0) is 29.8 Å². The topological polar surface area (TPSA) is 58.0 Å². The molecule has 0 bridgehead atoms. The van der Waals surface area contributed by atoms with E-state index in [0.29, 0.717) is 5.69 Å². The maximum atomic E-state index is 11.7. The van der Waals surface area contributed by atoms with Crippen molar-refractivity contribution in [2.24, 2.45) is 5.11 Å². The Balaban J connectivity index is 2.75. The standard InChI is InChI=1S/C7H5F2N3O/c8-7(9)13-6-3-1-5(2-4-6)11-12-10/h1-4,7H. The van der Waals surface area contributed by atoms with Crippen molar-refractivity contribution < 1.29 is 13.5 Å². The highest BCUT2D eigenvalue weighted by Crippen LogP contribution is 2.19. The second-order valence-corrected chi connectivity index (χ2v) is 2.06. The van der Waals surface area contributed by atoms with Gasteiger partial charge in [0.15, 0.2) is 0 Å². The summed E-state index contributed by atoms with van der Waals surface area (Å²) in [5.41, 5.74) is 8.39. The fourth-order valence-electron chi connectivity index (χ4n) is 0.746. The zero-order valence-electron chi connectivity index (χ0n) is 6.39. The highest BCUT2D eigenvalue weighted by Gasteiger charge is 2.02. The van der Waals surface area contributed by atoms with Gasteiger partial charge in [0.25, 0.3) is 0 Å². The van der Waals surface area contributed by atoms with Crippen molar-refractivity contribution >= 4 is 5.69 Å². The molecule has 68 valence electrons. The van der Waals surface area contributed by atoms with Gasteiger partial charge in [-0.25, -0.2) is 0 Å². The van der Waals surface area contributed by atoms with Crippen molar-refractivity contribution in [1.29, 1.82) is 0 Å². The molecule has 0 atom stereocenters. The Hall–Kier alpha value is -1.81. The Labute approximate surface area is 72.4 Å². The third kappa shape index (κ3) is 2.96. The fourth-order valence-corrected chi connectivity index (χ4v) is 0.746. The SMILES string of the molecule is [N-]=[N+]=Nc1ccc(OC(F)F)cc1. The monoisotopic (exact) mass is 185 g/mol. The van der Waals surface area contributed by atoms with E-state index in [0.717, 1.165) is 0 Å². The Kier molecular flexibility index (Phi) is 3.05. The second kappa shape index (κ2) is 4.27. The lowest BCUT2D eigenvalue weighted by molar-refractivity contribution is -0.0498. The molecule has 0 fully saturated rings. The minimum Gasteiger partial charge on any atom is -0.435 e. The lowest BCUT2D eigenvalue weighted by Crippen LogP contribution is -2.01. The molecule has 6 heteroatoms. The summed E-state index contributed by atoms with van der Waals surface area (Å²) in [5, 5.41) is 3.26. The van der Waals surface area contributed by atoms with E-state index in [-0.39, 0.29) is 5.75 Å². The zero-order valence-corrected chi connectivity index (χ0v) is 6.39. The van der Waals surface area contributed by atoms with Gasteiger partial charge >= 0.3 is 6.61 Å². The molecule has 4 nitrogen and oxygen atoms in total. The smallest absolute Gasteiger partial charge is 0.387 e. The average Bonchev–Trinajstić information content (AvgIpc) is 2.08. The number of alkyl halides is 2. The number of nitrogens with zero attached hydrogens (tertiary/aromatic N) is 3. The van der Waals surface area contributed by atoms with Crippen LogP contribution in [0.5, 0.6) is 5.75 Å². The van der Waals surface area contributed by atoms with Gasteiger partial charge in [-0.2, -0.15) is 8.78 Å². The van der Waals surface area contributed by atoms with Crippen LogP contribution >= 0.6 is 0 Å².